The summed E-state index contributed by atoms with van der Waals surface area (Å²) in [5, 5.41) is 2.88. The smallest absolute Gasteiger partial charge is 0.411 e. The second-order valence-electron chi connectivity index (χ2n) is 7.15. The molecule has 1 N–H and O–H groups in total. The summed E-state index contributed by atoms with van der Waals surface area (Å²) in [7, 11) is -1.30. The third-order valence-electron chi connectivity index (χ3n) is 4.65. The lowest BCUT2D eigenvalue weighted by Gasteiger charge is -2.13. The van der Waals surface area contributed by atoms with Crippen LogP contribution in [0.5, 0.6) is 0 Å². The number of nitrogens with zero attached hydrogens (tertiary/aromatic N) is 1. The molecular weight excluding hydrogens is 471 g/mol. The number of carbonyl (C=O) groups is 2. The second-order valence-corrected chi connectivity index (χ2v) is 9.30. The number of ether oxygens (including phenoxy) is 2. The van der Waals surface area contributed by atoms with Crippen LogP contribution in [-0.2, 0) is 26.1 Å². The molecule has 0 fully saturated rings. The lowest BCUT2D eigenvalue weighted by Crippen LogP contribution is -2.22. The van der Waals surface area contributed by atoms with E-state index in [2.05, 4.69) is 5.32 Å². The van der Waals surface area contributed by atoms with E-state index in [0.29, 0.717) is 11.1 Å². The van der Waals surface area contributed by atoms with Gasteiger partial charge in [-0.05, 0) is 37.3 Å². The molecule has 2 aromatic carbocycles. The fourth-order valence-corrected chi connectivity index (χ4v) is 3.89. The number of hydrogen-bond acceptors (Lipinski definition) is 8. The molecule has 1 amide bonds. The van der Waals surface area contributed by atoms with E-state index in [1.807, 2.05) is 0 Å². The van der Waals surface area contributed by atoms with E-state index in [9.17, 15) is 27.2 Å². The van der Waals surface area contributed by atoms with Gasteiger partial charge >= 0.3 is 17.7 Å². The Morgan fingerprint density at radius 2 is 1.82 bits per heavy atom. The Labute approximate surface area is 193 Å². The van der Waals surface area contributed by atoms with E-state index in [1.54, 1.807) is 6.92 Å². The minimum Gasteiger partial charge on any atom is -0.457 e. The third-order valence-corrected chi connectivity index (χ3v) is 6.46. The molecule has 12 heteroatoms. The molecular formula is C22H21FN2O8S. The highest BCUT2D eigenvalue weighted by atomic mass is 32.2. The third kappa shape index (κ3) is 5.41. The van der Waals surface area contributed by atoms with E-state index in [0.717, 1.165) is 28.6 Å². The fourth-order valence-electron chi connectivity index (χ4n) is 2.97. The molecule has 0 aliphatic rings. The topological polar surface area (TPSA) is 132 Å². The molecule has 0 spiro atoms. The van der Waals surface area contributed by atoms with E-state index >= 15 is 0 Å². The number of carbonyl (C=O) groups excluding carboxylic acids is 2. The predicted molar refractivity (Wildman–Crippen MR) is 120 cm³/mol. The second kappa shape index (κ2) is 10.0. The van der Waals surface area contributed by atoms with Crippen molar-refractivity contribution in [2.75, 3.05) is 26.0 Å². The molecule has 0 radical (unpaired) electrons. The molecule has 0 aliphatic carbocycles. The van der Waals surface area contributed by atoms with Crippen molar-refractivity contribution in [2.45, 2.75) is 18.4 Å². The summed E-state index contributed by atoms with van der Waals surface area (Å²) in [6.07, 6.45) is -0.685. The van der Waals surface area contributed by atoms with Crippen LogP contribution < -0.4 is 10.9 Å². The Morgan fingerprint density at radius 1 is 1.09 bits per heavy atom. The highest BCUT2D eigenvalue weighted by molar-refractivity contribution is 7.89. The van der Waals surface area contributed by atoms with Gasteiger partial charge in [-0.3, -0.25) is 5.32 Å². The highest BCUT2D eigenvalue weighted by Gasteiger charge is 2.22. The molecule has 10 nitrogen and oxygen atoms in total. The number of nitrogens with one attached hydrogen (secondary N) is 1. The first-order chi connectivity index (χ1) is 16.0. The lowest BCUT2D eigenvalue weighted by molar-refractivity contribution is 0.0468. The van der Waals surface area contributed by atoms with Gasteiger partial charge in [0.15, 0.2) is 0 Å². The number of anilines is 1. The molecule has 180 valence electrons. The molecule has 0 unspecified atom stereocenters. The number of esters is 1. The van der Waals surface area contributed by atoms with Crippen LogP contribution in [0.15, 0.2) is 56.6 Å². The zero-order valence-corrected chi connectivity index (χ0v) is 19.3. The quantitative estimate of drug-likeness (QED) is 0.393. The van der Waals surface area contributed by atoms with Crippen LogP contribution >= 0.6 is 0 Å². The number of halogens is 1. The average molecular weight is 492 g/mol. The fraction of sp³-hybridized carbons (Fsp3) is 0.227. The summed E-state index contributed by atoms with van der Waals surface area (Å²) >= 11 is 0. The molecule has 3 rings (SSSR count). The van der Waals surface area contributed by atoms with Gasteiger partial charge in [0.1, 0.15) is 18.0 Å². The van der Waals surface area contributed by atoms with E-state index in [1.165, 1.54) is 32.3 Å². The summed E-state index contributed by atoms with van der Waals surface area (Å²) in [6, 6.07) is 8.36. The lowest BCUT2D eigenvalue weighted by atomic mass is 10.1. The van der Waals surface area contributed by atoms with Crippen LogP contribution in [-0.4, -0.2) is 45.5 Å². The molecule has 0 saturated heterocycles. The largest absolute Gasteiger partial charge is 0.457 e. The van der Waals surface area contributed by atoms with Crippen LogP contribution in [0.3, 0.4) is 0 Å². The Bertz CT molecular complexity index is 1420. The van der Waals surface area contributed by atoms with Crippen molar-refractivity contribution in [1.82, 2.24) is 4.31 Å². The zero-order chi connectivity index (χ0) is 25.0. The van der Waals surface area contributed by atoms with Gasteiger partial charge in [-0.25, -0.2) is 31.5 Å². The van der Waals surface area contributed by atoms with Crippen LogP contribution in [0.2, 0.25) is 0 Å². The molecule has 0 aliphatic heterocycles. The maximum atomic E-state index is 14.2. The summed E-state index contributed by atoms with van der Waals surface area (Å²) in [5.41, 5.74) is -0.629. The van der Waals surface area contributed by atoms with Gasteiger partial charge in [0, 0.05) is 42.9 Å². The van der Waals surface area contributed by atoms with Crippen LogP contribution in [0.4, 0.5) is 14.9 Å². The number of amides is 1. The zero-order valence-electron chi connectivity index (χ0n) is 18.5. The van der Waals surface area contributed by atoms with Crippen LogP contribution in [0.1, 0.15) is 22.8 Å². The number of sulfonamides is 1. The summed E-state index contributed by atoms with van der Waals surface area (Å²) in [4.78, 5) is 35.8. The summed E-state index contributed by atoms with van der Waals surface area (Å²) in [6.45, 7) is 1.40. The summed E-state index contributed by atoms with van der Waals surface area (Å²) < 4.78 is 54.8. The van der Waals surface area contributed by atoms with Crippen molar-refractivity contribution in [2.24, 2.45) is 0 Å². The van der Waals surface area contributed by atoms with E-state index in [-0.39, 0.29) is 22.6 Å². The first kappa shape index (κ1) is 24.9. The van der Waals surface area contributed by atoms with Gasteiger partial charge < -0.3 is 13.9 Å². The molecule has 34 heavy (non-hydrogen) atoms. The molecule has 1 heterocycles. The Kier molecular flexibility index (Phi) is 7.32. The Balaban J connectivity index is 1.86. The maximum absolute atomic E-state index is 14.2. The normalized spacial score (nSPS) is 11.4. The highest BCUT2D eigenvalue weighted by Crippen LogP contribution is 2.23. The van der Waals surface area contributed by atoms with Crippen molar-refractivity contribution >= 4 is 38.7 Å². The van der Waals surface area contributed by atoms with Gasteiger partial charge in [-0.15, -0.1) is 0 Å². The SMILES string of the molecule is CCOC(=O)Nc1ccc2c(COC(=O)c3cc(S(=O)(=O)N(C)C)ccc3F)cc(=O)oc2c1. The Hall–Kier alpha value is -3.77. The standard InChI is InChI=1S/C22H21FN2O8S/c1-4-31-22(28)24-14-5-7-16-13(9-20(26)33-19(16)10-14)12-32-21(27)17-11-15(6-8-18(17)23)34(29,30)25(2)3/h5-11H,4,12H2,1-3H3,(H,24,28). The molecule has 0 bridgehead atoms. The number of hydrogen-bond donors (Lipinski definition) is 1. The van der Waals surface area contributed by atoms with E-state index < -0.39 is 45.7 Å². The number of benzene rings is 2. The summed E-state index contributed by atoms with van der Waals surface area (Å²) in [5.74, 6) is -2.08. The van der Waals surface area contributed by atoms with Crippen molar-refractivity contribution < 1.29 is 36.3 Å². The van der Waals surface area contributed by atoms with Gasteiger partial charge in [-0.1, -0.05) is 0 Å². The van der Waals surface area contributed by atoms with Gasteiger partial charge in [0.2, 0.25) is 10.0 Å². The minimum absolute atomic E-state index is 0.109. The first-order valence-corrected chi connectivity index (χ1v) is 11.4. The van der Waals surface area contributed by atoms with Crippen molar-refractivity contribution in [1.29, 1.82) is 0 Å². The van der Waals surface area contributed by atoms with Crippen molar-refractivity contribution in [3.8, 4) is 0 Å². The maximum Gasteiger partial charge on any atom is 0.411 e. The molecule has 0 saturated carbocycles. The van der Waals surface area contributed by atoms with Gasteiger partial charge in [0.25, 0.3) is 0 Å². The van der Waals surface area contributed by atoms with E-state index in [4.69, 9.17) is 13.9 Å². The monoisotopic (exact) mass is 492 g/mol. The average Bonchev–Trinajstić information content (AvgIpc) is 2.77. The molecule has 3 aromatic rings. The predicted octanol–water partition coefficient (Wildman–Crippen LogP) is 3.11. The Morgan fingerprint density at radius 3 is 2.50 bits per heavy atom. The molecule has 1 aromatic heterocycles. The van der Waals surface area contributed by atoms with Crippen LogP contribution in [0.25, 0.3) is 11.0 Å². The van der Waals surface area contributed by atoms with Crippen LogP contribution in [0, 0.1) is 5.82 Å². The number of rotatable bonds is 7. The number of fused-ring (bicyclic) bond motifs is 1. The minimum atomic E-state index is -3.90. The van der Waals surface area contributed by atoms with Gasteiger partial charge in [0.05, 0.1) is 17.1 Å². The van der Waals surface area contributed by atoms with Crippen molar-refractivity contribution in [3.05, 3.63) is 69.8 Å². The van der Waals surface area contributed by atoms with Gasteiger partial charge in [-0.2, -0.15) is 0 Å². The molecule has 0 atom stereocenters. The van der Waals surface area contributed by atoms with Crippen molar-refractivity contribution in [3.63, 3.8) is 0 Å². The first-order valence-electron chi connectivity index (χ1n) is 9.92.